The zero-order chi connectivity index (χ0) is 21.4. The van der Waals surface area contributed by atoms with E-state index in [1.807, 2.05) is 13.0 Å². The van der Waals surface area contributed by atoms with Gasteiger partial charge in [0, 0.05) is 18.5 Å². The number of likely N-dealkylation sites (tertiary alicyclic amines) is 1. The monoisotopic (exact) mass is 402 g/mol. The van der Waals surface area contributed by atoms with Gasteiger partial charge in [-0.2, -0.15) is 0 Å². The second kappa shape index (κ2) is 11.0. The van der Waals surface area contributed by atoms with Gasteiger partial charge in [0.1, 0.15) is 6.04 Å². The fourth-order valence-electron chi connectivity index (χ4n) is 4.29. The van der Waals surface area contributed by atoms with E-state index in [4.69, 9.17) is 5.73 Å². The van der Waals surface area contributed by atoms with Gasteiger partial charge < -0.3 is 15.4 Å². The molecule has 2 amide bonds. The molecule has 1 atom stereocenters. The van der Waals surface area contributed by atoms with Gasteiger partial charge in [-0.1, -0.05) is 56.4 Å². The third-order valence-electron chi connectivity index (χ3n) is 6.01. The number of amides is 2. The summed E-state index contributed by atoms with van der Waals surface area (Å²) < 4.78 is 4.64. The molecule has 1 aliphatic carbocycles. The fraction of sp³-hybridized carbons (Fsp3) is 0.609. The van der Waals surface area contributed by atoms with Crippen molar-refractivity contribution in [3.05, 3.63) is 35.5 Å². The molecule has 0 bridgehead atoms. The minimum absolute atomic E-state index is 0.0346. The van der Waals surface area contributed by atoms with Crippen molar-refractivity contribution < 1.29 is 19.1 Å². The number of hydrogen-bond acceptors (Lipinski definition) is 4. The van der Waals surface area contributed by atoms with E-state index in [-0.39, 0.29) is 18.7 Å². The molecule has 2 N–H and O–H groups in total. The van der Waals surface area contributed by atoms with E-state index in [0.29, 0.717) is 18.0 Å². The topological polar surface area (TPSA) is 89.7 Å². The van der Waals surface area contributed by atoms with Crippen LogP contribution in [0, 0.1) is 5.92 Å². The summed E-state index contributed by atoms with van der Waals surface area (Å²) in [6.07, 6.45) is 12.5. The molecular formula is C23H34N2O4. The number of nitrogens with zero attached hydrogens (tertiary/aromatic N) is 1. The second-order valence-corrected chi connectivity index (χ2v) is 7.95. The Morgan fingerprint density at radius 1 is 1.24 bits per heavy atom. The van der Waals surface area contributed by atoms with Gasteiger partial charge in [0.25, 0.3) is 5.91 Å². The molecule has 160 valence electrons. The molecule has 1 saturated carbocycles. The first-order chi connectivity index (χ1) is 13.9. The number of primary amides is 1. The molecule has 0 radical (unpaired) electrons. The first-order valence-electron chi connectivity index (χ1n) is 10.6. The fourth-order valence-corrected chi connectivity index (χ4v) is 4.29. The number of carbonyl (C=O) groups excluding carboxylic acids is 3. The highest BCUT2D eigenvalue weighted by atomic mass is 16.5. The van der Waals surface area contributed by atoms with Crippen molar-refractivity contribution in [2.45, 2.75) is 70.8 Å². The van der Waals surface area contributed by atoms with Crippen molar-refractivity contribution in [3.63, 3.8) is 0 Å². The summed E-state index contributed by atoms with van der Waals surface area (Å²) in [7, 11) is 1.29. The zero-order valence-electron chi connectivity index (χ0n) is 17.7. The van der Waals surface area contributed by atoms with Crippen molar-refractivity contribution in [2.75, 3.05) is 13.7 Å². The smallest absolute Gasteiger partial charge is 0.305 e. The largest absolute Gasteiger partial charge is 0.469 e. The molecular weight excluding hydrogens is 368 g/mol. The highest BCUT2D eigenvalue weighted by molar-refractivity contribution is 6.03. The summed E-state index contributed by atoms with van der Waals surface area (Å²) in [6.45, 7) is 6.42. The molecule has 6 heteroatoms. The number of rotatable bonds is 7. The van der Waals surface area contributed by atoms with Crippen molar-refractivity contribution in [3.8, 4) is 0 Å². The molecule has 1 unspecified atom stereocenters. The van der Waals surface area contributed by atoms with Crippen LogP contribution in [0.2, 0.25) is 0 Å². The molecule has 2 aliphatic rings. The lowest BCUT2D eigenvalue weighted by Crippen LogP contribution is -2.45. The average molecular weight is 403 g/mol. The van der Waals surface area contributed by atoms with Gasteiger partial charge in [-0.15, -0.1) is 0 Å². The number of esters is 1. The number of allylic oxidation sites excluding steroid dienone is 3. The van der Waals surface area contributed by atoms with Gasteiger partial charge in [0.15, 0.2) is 0 Å². The van der Waals surface area contributed by atoms with Gasteiger partial charge in [-0.25, -0.2) is 0 Å². The Hall–Kier alpha value is -2.37. The van der Waals surface area contributed by atoms with Gasteiger partial charge in [-0.05, 0) is 37.7 Å². The summed E-state index contributed by atoms with van der Waals surface area (Å²) in [4.78, 5) is 37.9. The average Bonchev–Trinajstić information content (AvgIpc) is 2.96. The molecule has 6 nitrogen and oxygen atoms in total. The number of carbonyl (C=O) groups is 3. The predicted molar refractivity (Wildman–Crippen MR) is 113 cm³/mol. The van der Waals surface area contributed by atoms with Crippen LogP contribution >= 0.6 is 0 Å². The predicted octanol–water partition coefficient (Wildman–Crippen LogP) is 3.43. The zero-order valence-corrected chi connectivity index (χ0v) is 17.7. The van der Waals surface area contributed by atoms with Crippen LogP contribution in [0.1, 0.15) is 64.7 Å². The Labute approximate surface area is 173 Å². The van der Waals surface area contributed by atoms with E-state index in [1.54, 1.807) is 6.08 Å². The molecule has 2 rings (SSSR count). The van der Waals surface area contributed by atoms with Crippen LogP contribution in [0.3, 0.4) is 0 Å². The number of methoxy groups -OCH3 is 1. The highest BCUT2D eigenvalue weighted by Gasteiger charge is 2.37. The number of ether oxygens (including phenoxy) is 1. The normalized spacial score (nSPS) is 22.4. The standard InChI is InChI=1S/C23H34N2O4/c1-4-19-18(14-16(2)17-10-8-6-5-7-9-11-17)15-25(23(19)28)20(22(24)27)12-13-21(26)29-3/h4,14,17,20H,2,5-13,15H2,1,3H3,(H2,24,27)/b18-14-,19-4+. The second-order valence-electron chi connectivity index (χ2n) is 7.95. The first-order valence-corrected chi connectivity index (χ1v) is 10.6. The molecule has 1 aliphatic heterocycles. The molecule has 0 aromatic carbocycles. The van der Waals surface area contributed by atoms with E-state index in [1.165, 1.54) is 44.1 Å². The van der Waals surface area contributed by atoms with Crippen molar-refractivity contribution in [1.29, 1.82) is 0 Å². The summed E-state index contributed by atoms with van der Waals surface area (Å²) in [5.41, 5.74) is 8.06. The van der Waals surface area contributed by atoms with E-state index >= 15 is 0 Å². The molecule has 0 aromatic heterocycles. The van der Waals surface area contributed by atoms with Crippen molar-refractivity contribution in [1.82, 2.24) is 4.90 Å². The van der Waals surface area contributed by atoms with Gasteiger partial charge in [0.2, 0.25) is 5.91 Å². The molecule has 0 spiro atoms. The summed E-state index contributed by atoms with van der Waals surface area (Å²) in [5.74, 6) is -0.824. The van der Waals surface area contributed by atoms with Crippen LogP contribution in [-0.4, -0.2) is 42.4 Å². The lowest BCUT2D eigenvalue weighted by atomic mass is 9.85. The van der Waals surface area contributed by atoms with E-state index in [2.05, 4.69) is 11.3 Å². The minimum atomic E-state index is -0.836. The van der Waals surface area contributed by atoms with Crippen LogP contribution in [0.25, 0.3) is 0 Å². The maximum atomic E-state index is 12.9. The quantitative estimate of drug-likeness (QED) is 0.522. The third kappa shape index (κ3) is 6.05. The Balaban J connectivity index is 2.17. The van der Waals surface area contributed by atoms with Crippen molar-refractivity contribution >= 4 is 17.8 Å². The molecule has 1 saturated heterocycles. The third-order valence-corrected chi connectivity index (χ3v) is 6.01. The minimum Gasteiger partial charge on any atom is -0.469 e. The Bertz CT molecular complexity index is 700. The maximum Gasteiger partial charge on any atom is 0.305 e. The molecule has 1 heterocycles. The Kier molecular flexibility index (Phi) is 8.68. The molecule has 0 aromatic rings. The Morgan fingerprint density at radius 3 is 2.41 bits per heavy atom. The van der Waals surface area contributed by atoms with Crippen LogP contribution < -0.4 is 5.73 Å². The van der Waals surface area contributed by atoms with Crippen LogP contribution in [0.15, 0.2) is 35.5 Å². The number of nitrogens with two attached hydrogens (primary N) is 1. The molecule has 29 heavy (non-hydrogen) atoms. The maximum absolute atomic E-state index is 12.9. The van der Waals surface area contributed by atoms with Crippen LogP contribution in [0.5, 0.6) is 0 Å². The molecule has 2 fully saturated rings. The SMILES string of the molecule is C=C(/C=C1/CN(C(CCC(=O)OC)C(N)=O)C(=O)/C1=C/C)C1CCCCCCC1. The van der Waals surface area contributed by atoms with Crippen LogP contribution in [-0.2, 0) is 19.1 Å². The lowest BCUT2D eigenvalue weighted by molar-refractivity contribution is -0.142. The lowest BCUT2D eigenvalue weighted by Gasteiger charge is -2.24. The summed E-state index contributed by atoms with van der Waals surface area (Å²) >= 11 is 0. The van der Waals surface area contributed by atoms with E-state index < -0.39 is 17.9 Å². The van der Waals surface area contributed by atoms with Crippen LogP contribution in [0.4, 0.5) is 0 Å². The number of hydrogen-bond donors (Lipinski definition) is 1. The van der Waals surface area contributed by atoms with Crippen molar-refractivity contribution in [2.24, 2.45) is 11.7 Å². The van der Waals surface area contributed by atoms with E-state index in [0.717, 1.165) is 24.0 Å². The highest BCUT2D eigenvalue weighted by Crippen LogP contribution is 2.32. The van der Waals surface area contributed by atoms with Gasteiger partial charge >= 0.3 is 5.97 Å². The van der Waals surface area contributed by atoms with Gasteiger partial charge in [0.05, 0.1) is 7.11 Å². The van der Waals surface area contributed by atoms with Gasteiger partial charge in [-0.3, -0.25) is 14.4 Å². The summed E-state index contributed by atoms with van der Waals surface area (Å²) in [6, 6.07) is -0.836. The Morgan fingerprint density at radius 2 is 1.86 bits per heavy atom. The van der Waals surface area contributed by atoms with E-state index in [9.17, 15) is 14.4 Å². The first kappa shape index (κ1) is 22.9. The summed E-state index contributed by atoms with van der Waals surface area (Å²) in [5, 5.41) is 0.